The summed E-state index contributed by atoms with van der Waals surface area (Å²) in [7, 11) is 0. The first-order valence-corrected chi connectivity index (χ1v) is 8.09. The molecule has 0 amide bonds. The smallest absolute Gasteiger partial charge is 0.348 e. The Kier molecular flexibility index (Phi) is 4.57. The van der Waals surface area contributed by atoms with Crippen LogP contribution in [-0.4, -0.2) is 39.7 Å². The van der Waals surface area contributed by atoms with Crippen LogP contribution in [0.3, 0.4) is 0 Å². The van der Waals surface area contributed by atoms with Crippen molar-refractivity contribution >= 4 is 23.5 Å². The van der Waals surface area contributed by atoms with Crippen LogP contribution in [0.5, 0.6) is 5.75 Å². The molecule has 0 radical (unpaired) electrons. The van der Waals surface area contributed by atoms with Gasteiger partial charge in [-0.25, -0.2) is 14.8 Å². The Morgan fingerprint density at radius 3 is 2.50 bits per heavy atom. The Bertz CT molecular complexity index is 728. The summed E-state index contributed by atoms with van der Waals surface area (Å²) in [6.45, 7) is 2.94. The lowest BCUT2D eigenvalue weighted by atomic mass is 9.91. The van der Waals surface area contributed by atoms with Gasteiger partial charge in [-0.1, -0.05) is 11.6 Å². The van der Waals surface area contributed by atoms with E-state index in [2.05, 4.69) is 9.97 Å². The number of carboxylic acid groups (broad SMARTS) is 1. The molecule has 6 nitrogen and oxygen atoms in total. The van der Waals surface area contributed by atoms with Crippen molar-refractivity contribution in [2.45, 2.75) is 25.4 Å². The van der Waals surface area contributed by atoms with Crippen LogP contribution in [0.25, 0.3) is 0 Å². The molecule has 1 saturated heterocycles. The van der Waals surface area contributed by atoms with E-state index in [-0.39, 0.29) is 0 Å². The number of rotatable bonds is 4. The van der Waals surface area contributed by atoms with Crippen molar-refractivity contribution in [3.05, 3.63) is 47.2 Å². The Labute approximate surface area is 145 Å². The number of nitrogens with zero attached hydrogens (tertiary/aromatic N) is 3. The monoisotopic (exact) mass is 347 g/mol. The number of benzene rings is 1. The van der Waals surface area contributed by atoms with Gasteiger partial charge < -0.3 is 14.7 Å². The number of aromatic nitrogens is 2. The van der Waals surface area contributed by atoms with Gasteiger partial charge in [0.2, 0.25) is 11.5 Å². The second-order valence-electron chi connectivity index (χ2n) is 5.84. The molecule has 0 aliphatic carbocycles. The maximum absolute atomic E-state index is 11.8. The van der Waals surface area contributed by atoms with Crippen LogP contribution in [-0.2, 0) is 4.79 Å². The highest BCUT2D eigenvalue weighted by atomic mass is 35.5. The van der Waals surface area contributed by atoms with Gasteiger partial charge in [-0.3, -0.25) is 0 Å². The summed E-state index contributed by atoms with van der Waals surface area (Å²) in [5.74, 6) is 0.171. The fourth-order valence-electron chi connectivity index (χ4n) is 2.74. The molecule has 0 unspecified atom stereocenters. The van der Waals surface area contributed by atoms with Crippen LogP contribution in [0.2, 0.25) is 5.02 Å². The number of piperidine rings is 1. The molecule has 126 valence electrons. The van der Waals surface area contributed by atoms with Crippen LogP contribution in [0.15, 0.2) is 36.5 Å². The summed E-state index contributed by atoms with van der Waals surface area (Å²) in [6, 6.07) is 8.56. The topological polar surface area (TPSA) is 75.6 Å². The van der Waals surface area contributed by atoms with Crippen molar-refractivity contribution < 1.29 is 14.6 Å². The summed E-state index contributed by atoms with van der Waals surface area (Å²) < 4.78 is 5.84. The third-order valence-corrected chi connectivity index (χ3v) is 4.40. The van der Waals surface area contributed by atoms with E-state index in [0.717, 1.165) is 5.69 Å². The zero-order chi connectivity index (χ0) is 17.2. The van der Waals surface area contributed by atoms with E-state index < -0.39 is 11.6 Å². The predicted molar refractivity (Wildman–Crippen MR) is 90.7 cm³/mol. The quantitative estimate of drug-likeness (QED) is 0.916. The van der Waals surface area contributed by atoms with Gasteiger partial charge in [-0.2, -0.15) is 0 Å². The number of carbonyl (C=O) groups is 1. The summed E-state index contributed by atoms with van der Waals surface area (Å²) in [6.07, 6.45) is 2.41. The second kappa shape index (κ2) is 6.65. The summed E-state index contributed by atoms with van der Waals surface area (Å²) in [4.78, 5) is 22.5. The van der Waals surface area contributed by atoms with Crippen molar-refractivity contribution in [2.24, 2.45) is 0 Å². The van der Waals surface area contributed by atoms with Crippen LogP contribution >= 0.6 is 11.6 Å². The number of carboxylic acids is 1. The normalized spacial score (nSPS) is 16.7. The van der Waals surface area contributed by atoms with Gasteiger partial charge in [0.15, 0.2) is 0 Å². The van der Waals surface area contributed by atoms with Crippen LogP contribution in [0.1, 0.15) is 18.5 Å². The lowest BCUT2D eigenvalue weighted by Crippen LogP contribution is -2.53. The Morgan fingerprint density at radius 2 is 1.92 bits per heavy atom. The van der Waals surface area contributed by atoms with E-state index in [4.69, 9.17) is 16.3 Å². The molecule has 1 aromatic carbocycles. The lowest BCUT2D eigenvalue weighted by molar-refractivity contribution is -0.157. The number of hydrogen-bond donors (Lipinski definition) is 1. The fraction of sp³-hybridized carbons (Fsp3) is 0.353. The van der Waals surface area contributed by atoms with Gasteiger partial charge in [0.25, 0.3) is 0 Å². The van der Waals surface area contributed by atoms with Crippen molar-refractivity contribution in [1.82, 2.24) is 9.97 Å². The summed E-state index contributed by atoms with van der Waals surface area (Å²) >= 11 is 5.86. The van der Waals surface area contributed by atoms with E-state index in [0.29, 0.717) is 42.7 Å². The Hall–Kier alpha value is -2.34. The van der Waals surface area contributed by atoms with Gasteiger partial charge in [0.1, 0.15) is 5.75 Å². The third-order valence-electron chi connectivity index (χ3n) is 4.15. The number of anilines is 1. The molecule has 3 rings (SSSR count). The molecule has 0 saturated carbocycles. The van der Waals surface area contributed by atoms with E-state index >= 15 is 0 Å². The molecule has 24 heavy (non-hydrogen) atoms. The van der Waals surface area contributed by atoms with Gasteiger partial charge >= 0.3 is 5.97 Å². The fourth-order valence-corrected chi connectivity index (χ4v) is 2.87. The molecule has 2 aromatic rings. The molecular formula is C17H18ClN3O3. The van der Waals surface area contributed by atoms with Gasteiger partial charge in [0, 0.05) is 42.8 Å². The first-order chi connectivity index (χ1) is 11.5. The number of hydrogen-bond acceptors (Lipinski definition) is 5. The SMILES string of the molecule is Cc1ccnc(N2CCC(Oc3ccc(Cl)cc3)(C(=O)O)CC2)n1. The maximum atomic E-state index is 11.8. The van der Waals surface area contributed by atoms with E-state index in [9.17, 15) is 9.90 Å². The largest absolute Gasteiger partial charge is 0.478 e. The van der Waals surface area contributed by atoms with Gasteiger partial charge in [0.05, 0.1) is 0 Å². The van der Waals surface area contributed by atoms with Crippen molar-refractivity contribution in [1.29, 1.82) is 0 Å². The zero-order valence-corrected chi connectivity index (χ0v) is 14.0. The number of aryl methyl sites for hydroxylation is 1. The molecule has 0 bridgehead atoms. The van der Waals surface area contributed by atoms with Crippen LogP contribution < -0.4 is 9.64 Å². The lowest BCUT2D eigenvalue weighted by Gasteiger charge is -2.38. The summed E-state index contributed by atoms with van der Waals surface area (Å²) in [5.41, 5.74) is -0.360. The molecule has 1 aromatic heterocycles. The van der Waals surface area contributed by atoms with E-state index in [1.54, 1.807) is 30.5 Å². The van der Waals surface area contributed by atoms with E-state index in [1.165, 1.54) is 0 Å². The highest BCUT2D eigenvalue weighted by molar-refractivity contribution is 6.30. The molecule has 1 aliphatic rings. The first kappa shape index (κ1) is 16.5. The first-order valence-electron chi connectivity index (χ1n) is 7.71. The highest BCUT2D eigenvalue weighted by Gasteiger charge is 2.44. The molecule has 1 N–H and O–H groups in total. The van der Waals surface area contributed by atoms with Crippen LogP contribution in [0, 0.1) is 6.92 Å². The number of ether oxygens (including phenoxy) is 1. The average molecular weight is 348 g/mol. The Morgan fingerprint density at radius 1 is 1.25 bits per heavy atom. The highest BCUT2D eigenvalue weighted by Crippen LogP contribution is 2.31. The minimum Gasteiger partial charge on any atom is -0.478 e. The van der Waals surface area contributed by atoms with Gasteiger partial charge in [-0.15, -0.1) is 0 Å². The molecule has 1 aliphatic heterocycles. The van der Waals surface area contributed by atoms with Crippen molar-refractivity contribution in [3.8, 4) is 5.75 Å². The standard InChI is InChI=1S/C17H18ClN3O3/c1-12-6-9-19-16(20-12)21-10-7-17(8-11-21,15(22)23)24-14-4-2-13(18)3-5-14/h2-6,9H,7-8,10-11H2,1H3,(H,22,23). The average Bonchev–Trinajstić information content (AvgIpc) is 2.57. The molecule has 1 fully saturated rings. The third kappa shape index (κ3) is 3.43. The predicted octanol–water partition coefficient (Wildman–Crippen LogP) is 2.94. The molecular weight excluding hydrogens is 330 g/mol. The molecule has 7 heteroatoms. The number of halogens is 1. The molecule has 0 atom stereocenters. The molecule has 0 spiro atoms. The van der Waals surface area contributed by atoms with Crippen molar-refractivity contribution in [3.63, 3.8) is 0 Å². The maximum Gasteiger partial charge on any atom is 0.348 e. The Balaban J connectivity index is 1.74. The second-order valence-corrected chi connectivity index (χ2v) is 6.28. The van der Waals surface area contributed by atoms with Crippen LogP contribution in [0.4, 0.5) is 5.95 Å². The minimum absolute atomic E-state index is 0.349. The van der Waals surface area contributed by atoms with E-state index in [1.807, 2.05) is 17.9 Å². The molecule has 2 heterocycles. The minimum atomic E-state index is -1.24. The van der Waals surface area contributed by atoms with Crippen molar-refractivity contribution in [2.75, 3.05) is 18.0 Å². The summed E-state index contributed by atoms with van der Waals surface area (Å²) in [5, 5.41) is 10.3. The van der Waals surface area contributed by atoms with Gasteiger partial charge in [-0.05, 0) is 37.3 Å². The zero-order valence-electron chi connectivity index (χ0n) is 13.3. The number of aliphatic carboxylic acids is 1.